The van der Waals surface area contributed by atoms with Crippen LogP contribution in [-0.2, 0) is 0 Å². The van der Waals surface area contributed by atoms with E-state index in [9.17, 15) is 0 Å². The maximum atomic E-state index is 8.42. The lowest BCUT2D eigenvalue weighted by Crippen LogP contribution is -2.17. The fourth-order valence-corrected chi connectivity index (χ4v) is 1.05. The van der Waals surface area contributed by atoms with E-state index in [0.717, 1.165) is 5.92 Å². The van der Waals surface area contributed by atoms with Gasteiger partial charge in [0.15, 0.2) is 0 Å². The molecule has 0 saturated heterocycles. The summed E-state index contributed by atoms with van der Waals surface area (Å²) < 4.78 is 0. The summed E-state index contributed by atoms with van der Waals surface area (Å²) >= 11 is 0. The normalized spacial score (nSPS) is 23.5. The van der Waals surface area contributed by atoms with E-state index in [1.165, 1.54) is 19.3 Å². The number of hydrogen-bond acceptors (Lipinski definition) is 1. The molecule has 1 rings (SSSR count). The molecule has 0 heterocycles. The van der Waals surface area contributed by atoms with Gasteiger partial charge in [0.2, 0.25) is 0 Å². The van der Waals surface area contributed by atoms with Crippen molar-refractivity contribution in [3.05, 3.63) is 0 Å². The number of rotatable bonds is 1. The Morgan fingerprint density at radius 2 is 2.25 bits per heavy atom. The van der Waals surface area contributed by atoms with Crippen molar-refractivity contribution in [2.24, 2.45) is 11.8 Å². The minimum atomic E-state index is 0.309. The first-order valence-electron chi connectivity index (χ1n) is 3.24. The van der Waals surface area contributed by atoms with Gasteiger partial charge in [-0.05, 0) is 25.7 Å². The Balaban J connectivity index is 2.26. The summed E-state index contributed by atoms with van der Waals surface area (Å²) in [5, 5.41) is 8.42. The molecule has 44 valence electrons. The Hall–Kier alpha value is -0.510. The summed E-state index contributed by atoms with van der Waals surface area (Å²) in [6, 6.07) is 2.27. The quantitative estimate of drug-likeness (QED) is 0.505. The maximum absolute atomic E-state index is 8.42. The summed E-state index contributed by atoms with van der Waals surface area (Å²) in [5.41, 5.74) is 0. The van der Waals surface area contributed by atoms with Gasteiger partial charge in [-0.15, -0.1) is 0 Å². The Labute approximate surface area is 50.3 Å². The number of hydrogen-bond donors (Lipinski definition) is 0. The Kier molecular flexibility index (Phi) is 1.53. The second-order valence-electron chi connectivity index (χ2n) is 2.61. The van der Waals surface area contributed by atoms with Crippen LogP contribution in [0, 0.1) is 23.2 Å². The maximum Gasteiger partial charge on any atom is 0.0655 e. The predicted molar refractivity (Wildman–Crippen MR) is 32.1 cm³/mol. The van der Waals surface area contributed by atoms with Crippen LogP contribution in [0.5, 0.6) is 0 Å². The van der Waals surface area contributed by atoms with Crippen molar-refractivity contribution in [3.8, 4) is 6.07 Å². The standard InChI is InChI=1S/C7H11N/c1-6(5-8)7-3-2-4-7/h6-7H,2-4H2,1H3/t6-/m0/s1. The van der Waals surface area contributed by atoms with Crippen LogP contribution in [0.25, 0.3) is 0 Å². The Morgan fingerprint density at radius 1 is 1.62 bits per heavy atom. The molecule has 8 heavy (non-hydrogen) atoms. The van der Waals surface area contributed by atoms with Gasteiger partial charge in [-0.2, -0.15) is 5.26 Å². The van der Waals surface area contributed by atoms with Gasteiger partial charge in [0.1, 0.15) is 0 Å². The zero-order chi connectivity index (χ0) is 5.98. The molecule has 1 saturated carbocycles. The smallest absolute Gasteiger partial charge is 0.0655 e. The molecular weight excluding hydrogens is 98.1 g/mol. The molecule has 0 unspecified atom stereocenters. The first kappa shape index (κ1) is 5.62. The van der Waals surface area contributed by atoms with Crippen molar-refractivity contribution < 1.29 is 0 Å². The highest BCUT2D eigenvalue weighted by atomic mass is 14.3. The predicted octanol–water partition coefficient (Wildman–Crippen LogP) is 1.95. The molecule has 1 nitrogen and oxygen atoms in total. The van der Waals surface area contributed by atoms with E-state index in [2.05, 4.69) is 6.07 Å². The van der Waals surface area contributed by atoms with E-state index in [1.54, 1.807) is 0 Å². The Bertz CT molecular complexity index is 108. The average molecular weight is 109 g/mol. The van der Waals surface area contributed by atoms with Crippen molar-refractivity contribution in [1.29, 1.82) is 5.26 Å². The third-order valence-electron chi connectivity index (χ3n) is 2.06. The van der Waals surface area contributed by atoms with Gasteiger partial charge in [0.25, 0.3) is 0 Å². The molecule has 0 aliphatic heterocycles. The van der Waals surface area contributed by atoms with Crippen LogP contribution in [-0.4, -0.2) is 0 Å². The van der Waals surface area contributed by atoms with Crippen molar-refractivity contribution >= 4 is 0 Å². The summed E-state index contributed by atoms with van der Waals surface area (Å²) in [7, 11) is 0. The lowest BCUT2D eigenvalue weighted by Gasteiger charge is -2.26. The Morgan fingerprint density at radius 3 is 2.38 bits per heavy atom. The molecule has 0 N–H and O–H groups in total. The first-order valence-corrected chi connectivity index (χ1v) is 3.24. The third-order valence-corrected chi connectivity index (χ3v) is 2.06. The van der Waals surface area contributed by atoms with Crippen molar-refractivity contribution in [2.45, 2.75) is 26.2 Å². The first-order chi connectivity index (χ1) is 3.84. The lowest BCUT2D eigenvalue weighted by atomic mass is 9.77. The molecule has 0 bridgehead atoms. The molecule has 1 atom stereocenters. The molecule has 0 aromatic carbocycles. The SMILES string of the molecule is C[C@@H](C#N)C1CCC1. The average Bonchev–Trinajstić information content (AvgIpc) is 1.62. The van der Waals surface area contributed by atoms with E-state index < -0.39 is 0 Å². The molecule has 1 aliphatic carbocycles. The van der Waals surface area contributed by atoms with E-state index in [1.807, 2.05) is 6.92 Å². The van der Waals surface area contributed by atoms with Gasteiger partial charge in [-0.25, -0.2) is 0 Å². The van der Waals surface area contributed by atoms with Crippen LogP contribution >= 0.6 is 0 Å². The molecule has 1 heteroatoms. The van der Waals surface area contributed by atoms with Gasteiger partial charge < -0.3 is 0 Å². The zero-order valence-electron chi connectivity index (χ0n) is 5.22. The summed E-state index contributed by atoms with van der Waals surface area (Å²) in [5.74, 6) is 1.05. The minimum absolute atomic E-state index is 0.309. The molecule has 0 aromatic rings. The van der Waals surface area contributed by atoms with E-state index in [-0.39, 0.29) is 0 Å². The molecule has 0 spiro atoms. The molecule has 0 amide bonds. The fraction of sp³-hybridized carbons (Fsp3) is 0.857. The second kappa shape index (κ2) is 2.17. The van der Waals surface area contributed by atoms with Crippen LogP contribution in [0.15, 0.2) is 0 Å². The van der Waals surface area contributed by atoms with Crippen LogP contribution in [0.1, 0.15) is 26.2 Å². The minimum Gasteiger partial charge on any atom is -0.198 e. The van der Waals surface area contributed by atoms with Crippen molar-refractivity contribution in [3.63, 3.8) is 0 Å². The molecule has 1 fully saturated rings. The highest BCUT2D eigenvalue weighted by molar-refractivity contribution is 4.88. The highest BCUT2D eigenvalue weighted by Gasteiger charge is 2.22. The molecule has 0 radical (unpaired) electrons. The third kappa shape index (κ3) is 0.838. The van der Waals surface area contributed by atoms with Gasteiger partial charge >= 0.3 is 0 Å². The summed E-state index contributed by atoms with van der Waals surface area (Å²) in [6.45, 7) is 2.02. The van der Waals surface area contributed by atoms with Crippen molar-refractivity contribution in [2.75, 3.05) is 0 Å². The van der Waals surface area contributed by atoms with E-state index in [4.69, 9.17) is 5.26 Å². The van der Waals surface area contributed by atoms with Gasteiger partial charge in [-0.3, -0.25) is 0 Å². The monoisotopic (exact) mass is 109 g/mol. The molecule has 0 aromatic heterocycles. The summed E-state index contributed by atoms with van der Waals surface area (Å²) in [6.07, 6.45) is 3.92. The van der Waals surface area contributed by atoms with Crippen LogP contribution in [0.4, 0.5) is 0 Å². The molecular formula is C7H11N. The lowest BCUT2D eigenvalue weighted by molar-refractivity contribution is 0.260. The topological polar surface area (TPSA) is 23.8 Å². The summed E-state index contributed by atoms with van der Waals surface area (Å²) in [4.78, 5) is 0. The van der Waals surface area contributed by atoms with Crippen LogP contribution in [0.3, 0.4) is 0 Å². The molecule has 1 aliphatic rings. The van der Waals surface area contributed by atoms with Gasteiger partial charge in [0, 0.05) is 5.92 Å². The van der Waals surface area contributed by atoms with Crippen LogP contribution in [0.2, 0.25) is 0 Å². The largest absolute Gasteiger partial charge is 0.198 e. The number of nitriles is 1. The van der Waals surface area contributed by atoms with Crippen LogP contribution < -0.4 is 0 Å². The highest BCUT2D eigenvalue weighted by Crippen LogP contribution is 2.32. The van der Waals surface area contributed by atoms with E-state index in [0.29, 0.717) is 5.92 Å². The fourth-order valence-electron chi connectivity index (χ4n) is 1.05. The second-order valence-corrected chi connectivity index (χ2v) is 2.61. The number of nitrogens with zero attached hydrogens (tertiary/aromatic N) is 1. The van der Waals surface area contributed by atoms with Gasteiger partial charge in [-0.1, -0.05) is 6.42 Å². The van der Waals surface area contributed by atoms with Gasteiger partial charge in [0.05, 0.1) is 6.07 Å². The van der Waals surface area contributed by atoms with Crippen molar-refractivity contribution in [1.82, 2.24) is 0 Å². The van der Waals surface area contributed by atoms with E-state index >= 15 is 0 Å². The zero-order valence-corrected chi connectivity index (χ0v) is 5.22.